The summed E-state index contributed by atoms with van der Waals surface area (Å²) in [7, 11) is 0. The molecule has 1 amide bonds. The summed E-state index contributed by atoms with van der Waals surface area (Å²) >= 11 is 0. The smallest absolute Gasteiger partial charge is 0.231 e. The second kappa shape index (κ2) is 3.86. The summed E-state index contributed by atoms with van der Waals surface area (Å²) in [4.78, 5) is 12.4. The number of anilines is 1. The van der Waals surface area contributed by atoms with E-state index in [0.29, 0.717) is 5.82 Å². The first-order chi connectivity index (χ1) is 8.18. The third kappa shape index (κ3) is 1.85. The minimum atomic E-state index is -0.0956. The maximum atomic E-state index is 12.4. The summed E-state index contributed by atoms with van der Waals surface area (Å²) in [5.74, 6) is 1.73. The van der Waals surface area contributed by atoms with Crippen molar-refractivity contribution in [3.63, 3.8) is 0 Å². The van der Waals surface area contributed by atoms with E-state index in [9.17, 15) is 4.79 Å². The summed E-state index contributed by atoms with van der Waals surface area (Å²) < 4.78 is 0. The molecule has 3 aliphatic rings. The highest BCUT2D eigenvalue weighted by atomic mass is 16.2. The monoisotopic (exact) mass is 233 g/mol. The zero-order valence-corrected chi connectivity index (χ0v) is 10.3. The quantitative estimate of drug-likeness (QED) is 0.825. The lowest BCUT2D eigenvalue weighted by Gasteiger charge is -2.44. The van der Waals surface area contributed by atoms with Crippen LogP contribution in [0.25, 0.3) is 0 Å². The first-order valence-electron chi connectivity index (χ1n) is 6.51. The molecular formula is C13H19N3O. The van der Waals surface area contributed by atoms with Gasteiger partial charge in [-0.2, -0.15) is 5.10 Å². The van der Waals surface area contributed by atoms with Crippen LogP contribution < -0.4 is 5.32 Å². The Morgan fingerprint density at radius 2 is 2.06 bits per heavy atom. The number of aromatic nitrogens is 2. The van der Waals surface area contributed by atoms with Crippen LogP contribution in [-0.4, -0.2) is 16.1 Å². The molecule has 17 heavy (non-hydrogen) atoms. The minimum absolute atomic E-state index is 0.0956. The Hall–Kier alpha value is -1.32. The highest BCUT2D eigenvalue weighted by Crippen LogP contribution is 2.50. The zero-order valence-electron chi connectivity index (χ0n) is 10.3. The van der Waals surface area contributed by atoms with Gasteiger partial charge in [0.05, 0.1) is 0 Å². The highest BCUT2D eigenvalue weighted by Gasteiger charge is 2.45. The maximum absolute atomic E-state index is 12.4. The van der Waals surface area contributed by atoms with Crippen LogP contribution in [0.15, 0.2) is 6.07 Å². The number of hydrogen-bond acceptors (Lipinski definition) is 2. The topological polar surface area (TPSA) is 57.8 Å². The van der Waals surface area contributed by atoms with Crippen molar-refractivity contribution in [2.45, 2.75) is 45.4 Å². The van der Waals surface area contributed by atoms with Gasteiger partial charge in [-0.3, -0.25) is 9.89 Å². The lowest BCUT2D eigenvalue weighted by atomic mass is 9.60. The molecule has 3 saturated carbocycles. The van der Waals surface area contributed by atoms with Gasteiger partial charge < -0.3 is 5.32 Å². The second-order valence-corrected chi connectivity index (χ2v) is 5.65. The number of H-pyrrole nitrogens is 1. The molecular weight excluding hydrogens is 214 g/mol. The summed E-state index contributed by atoms with van der Waals surface area (Å²) in [6.45, 7) is 1.94. The van der Waals surface area contributed by atoms with Gasteiger partial charge in [0.1, 0.15) is 0 Å². The van der Waals surface area contributed by atoms with E-state index in [4.69, 9.17) is 0 Å². The summed E-state index contributed by atoms with van der Waals surface area (Å²) in [6.07, 6.45) is 6.87. The number of carbonyl (C=O) groups is 1. The molecule has 1 aromatic heterocycles. The van der Waals surface area contributed by atoms with Crippen LogP contribution in [0.4, 0.5) is 5.82 Å². The van der Waals surface area contributed by atoms with E-state index in [1.54, 1.807) is 0 Å². The predicted octanol–water partition coefficient (Wildman–Crippen LogP) is 2.63. The molecule has 0 aliphatic heterocycles. The SMILES string of the molecule is Cc1cc(NC(=O)C23CCC(CC2)CC3)n[nH]1. The van der Waals surface area contributed by atoms with E-state index in [0.717, 1.165) is 30.9 Å². The molecule has 2 N–H and O–H groups in total. The van der Waals surface area contributed by atoms with Crippen LogP contribution in [0.3, 0.4) is 0 Å². The number of aromatic amines is 1. The first-order valence-corrected chi connectivity index (χ1v) is 6.51. The Balaban J connectivity index is 1.73. The Labute approximate surface area is 101 Å². The molecule has 0 atom stereocenters. The van der Waals surface area contributed by atoms with Crippen LogP contribution in [0.2, 0.25) is 0 Å². The number of nitrogens with zero attached hydrogens (tertiary/aromatic N) is 1. The Kier molecular flexibility index (Phi) is 2.45. The highest BCUT2D eigenvalue weighted by molar-refractivity contribution is 5.94. The van der Waals surface area contributed by atoms with Crippen molar-refractivity contribution in [3.8, 4) is 0 Å². The van der Waals surface area contributed by atoms with Gasteiger partial charge >= 0.3 is 0 Å². The van der Waals surface area contributed by atoms with Crippen molar-refractivity contribution in [2.75, 3.05) is 5.32 Å². The van der Waals surface area contributed by atoms with E-state index in [2.05, 4.69) is 15.5 Å². The van der Waals surface area contributed by atoms with Gasteiger partial charge in [0.15, 0.2) is 5.82 Å². The Morgan fingerprint density at radius 3 is 2.59 bits per heavy atom. The molecule has 4 heteroatoms. The number of aryl methyl sites for hydroxylation is 1. The lowest BCUT2D eigenvalue weighted by molar-refractivity contribution is -0.131. The number of fused-ring (bicyclic) bond motifs is 3. The van der Waals surface area contributed by atoms with E-state index in [-0.39, 0.29) is 11.3 Å². The van der Waals surface area contributed by atoms with Crippen molar-refractivity contribution in [1.29, 1.82) is 0 Å². The molecule has 4 nitrogen and oxygen atoms in total. The van der Waals surface area contributed by atoms with Crippen LogP contribution in [0.1, 0.15) is 44.2 Å². The number of hydrogen-bond donors (Lipinski definition) is 2. The van der Waals surface area contributed by atoms with Gasteiger partial charge in [0.25, 0.3) is 0 Å². The third-order valence-electron chi connectivity index (χ3n) is 4.52. The average molecular weight is 233 g/mol. The molecule has 4 rings (SSSR count). The van der Waals surface area contributed by atoms with Crippen molar-refractivity contribution in [2.24, 2.45) is 11.3 Å². The van der Waals surface area contributed by atoms with Gasteiger partial charge in [0.2, 0.25) is 5.91 Å². The second-order valence-electron chi connectivity index (χ2n) is 5.65. The van der Waals surface area contributed by atoms with Gasteiger partial charge in [-0.05, 0) is 51.4 Å². The Bertz CT molecular complexity index is 416. The fraction of sp³-hybridized carbons (Fsp3) is 0.692. The molecule has 1 aromatic rings. The van der Waals surface area contributed by atoms with E-state index in [1.165, 1.54) is 19.3 Å². The van der Waals surface area contributed by atoms with Crippen LogP contribution >= 0.6 is 0 Å². The molecule has 3 fully saturated rings. The normalized spacial score (nSPS) is 31.5. The number of nitrogens with one attached hydrogen (secondary N) is 2. The van der Waals surface area contributed by atoms with Gasteiger partial charge in [-0.25, -0.2) is 0 Å². The number of amides is 1. The summed E-state index contributed by atoms with van der Waals surface area (Å²) in [5, 5.41) is 9.89. The molecule has 0 aromatic carbocycles. The number of carbonyl (C=O) groups excluding carboxylic acids is 1. The summed E-state index contributed by atoms with van der Waals surface area (Å²) in [6, 6.07) is 1.88. The average Bonchev–Trinajstić information content (AvgIpc) is 2.77. The van der Waals surface area contributed by atoms with Crippen molar-refractivity contribution < 1.29 is 4.79 Å². The zero-order chi connectivity index (χ0) is 11.9. The van der Waals surface area contributed by atoms with Gasteiger partial charge in [-0.1, -0.05) is 0 Å². The van der Waals surface area contributed by atoms with Crippen molar-refractivity contribution >= 4 is 11.7 Å². The van der Waals surface area contributed by atoms with Crippen LogP contribution in [0, 0.1) is 18.3 Å². The van der Waals surface area contributed by atoms with E-state index < -0.39 is 0 Å². The molecule has 92 valence electrons. The first kappa shape index (κ1) is 10.8. The van der Waals surface area contributed by atoms with E-state index >= 15 is 0 Å². The fourth-order valence-corrected chi connectivity index (χ4v) is 3.32. The maximum Gasteiger partial charge on any atom is 0.231 e. The van der Waals surface area contributed by atoms with Crippen molar-refractivity contribution in [1.82, 2.24) is 10.2 Å². The van der Waals surface area contributed by atoms with Crippen LogP contribution in [0.5, 0.6) is 0 Å². The van der Waals surface area contributed by atoms with Gasteiger partial charge in [0, 0.05) is 17.2 Å². The number of rotatable bonds is 2. The van der Waals surface area contributed by atoms with Gasteiger partial charge in [-0.15, -0.1) is 0 Å². The molecule has 1 heterocycles. The largest absolute Gasteiger partial charge is 0.309 e. The van der Waals surface area contributed by atoms with E-state index in [1.807, 2.05) is 13.0 Å². The minimum Gasteiger partial charge on any atom is -0.309 e. The Morgan fingerprint density at radius 1 is 1.41 bits per heavy atom. The molecule has 2 bridgehead atoms. The predicted molar refractivity (Wildman–Crippen MR) is 65.6 cm³/mol. The standard InChI is InChI=1S/C13H19N3O/c1-9-8-11(16-15-9)14-12(17)13-5-2-10(3-6-13)4-7-13/h8,10H,2-7H2,1H3,(H2,14,15,16,17). The molecule has 0 radical (unpaired) electrons. The molecule has 3 aliphatic carbocycles. The summed E-state index contributed by atoms with van der Waals surface area (Å²) in [5.41, 5.74) is 0.881. The van der Waals surface area contributed by atoms with Crippen LogP contribution in [-0.2, 0) is 4.79 Å². The molecule has 0 spiro atoms. The third-order valence-corrected chi connectivity index (χ3v) is 4.52. The molecule has 0 saturated heterocycles. The fourth-order valence-electron chi connectivity index (χ4n) is 3.32. The van der Waals surface area contributed by atoms with Crippen molar-refractivity contribution in [3.05, 3.63) is 11.8 Å². The molecule has 0 unspecified atom stereocenters. The lowest BCUT2D eigenvalue weighted by Crippen LogP contribution is -2.43.